The fourth-order valence-electron chi connectivity index (χ4n) is 1.11. The first-order chi connectivity index (χ1) is 6.83. The average Bonchev–Trinajstić information content (AvgIpc) is 2.66. The van der Waals surface area contributed by atoms with Crippen LogP contribution in [0.5, 0.6) is 0 Å². The number of aromatic nitrogens is 3. The first kappa shape index (κ1) is 8.91. The molecule has 0 unspecified atom stereocenters. The van der Waals surface area contributed by atoms with Crippen LogP contribution in [0.25, 0.3) is 5.82 Å². The molecule has 0 atom stereocenters. The molecule has 5 heteroatoms. The number of imidazole rings is 1. The Hall–Kier alpha value is -1.67. The van der Waals surface area contributed by atoms with E-state index in [1.165, 1.54) is 0 Å². The zero-order chi connectivity index (χ0) is 9.97. The van der Waals surface area contributed by atoms with Crippen LogP contribution in [0.1, 0.15) is 5.82 Å². The molecule has 0 aliphatic rings. The molecule has 2 aromatic rings. The first-order valence-corrected chi connectivity index (χ1v) is 4.66. The molecule has 2 heterocycles. The number of hydrogen-bond donors (Lipinski definition) is 0. The summed E-state index contributed by atoms with van der Waals surface area (Å²) >= 11 is 3.36. The third-order valence-electron chi connectivity index (χ3n) is 1.71. The van der Waals surface area contributed by atoms with Gasteiger partial charge in [0.15, 0.2) is 5.82 Å². The maximum absolute atomic E-state index is 8.78. The predicted octanol–water partition coefficient (Wildman–Crippen LogP) is 1.90. The van der Waals surface area contributed by atoms with Gasteiger partial charge in [-0.05, 0) is 28.1 Å². The topological polar surface area (TPSA) is 54.5 Å². The summed E-state index contributed by atoms with van der Waals surface area (Å²) in [4.78, 5) is 8.05. The van der Waals surface area contributed by atoms with Crippen LogP contribution in [-0.2, 0) is 0 Å². The third kappa shape index (κ3) is 1.40. The summed E-state index contributed by atoms with van der Waals surface area (Å²) in [7, 11) is 0. The van der Waals surface area contributed by atoms with Gasteiger partial charge in [0, 0.05) is 18.6 Å². The highest BCUT2D eigenvalue weighted by Gasteiger charge is 2.07. The van der Waals surface area contributed by atoms with Crippen LogP contribution in [0, 0.1) is 11.3 Å². The number of rotatable bonds is 1. The van der Waals surface area contributed by atoms with Crippen molar-refractivity contribution in [2.45, 2.75) is 0 Å². The van der Waals surface area contributed by atoms with Gasteiger partial charge in [-0.15, -0.1) is 0 Å². The molecule has 0 bridgehead atoms. The van der Waals surface area contributed by atoms with Crippen molar-refractivity contribution in [1.82, 2.24) is 14.5 Å². The van der Waals surface area contributed by atoms with Gasteiger partial charge < -0.3 is 0 Å². The van der Waals surface area contributed by atoms with Gasteiger partial charge in [0.2, 0.25) is 5.82 Å². The van der Waals surface area contributed by atoms with Crippen LogP contribution in [0.15, 0.2) is 35.2 Å². The Morgan fingerprint density at radius 1 is 1.36 bits per heavy atom. The van der Waals surface area contributed by atoms with Gasteiger partial charge in [-0.1, -0.05) is 0 Å². The fourth-order valence-corrected chi connectivity index (χ4v) is 1.56. The molecule has 0 saturated carbocycles. The lowest BCUT2D eigenvalue weighted by Crippen LogP contribution is -1.99. The number of nitrogens with zero attached hydrogens (tertiary/aromatic N) is 4. The van der Waals surface area contributed by atoms with Gasteiger partial charge >= 0.3 is 0 Å². The standard InChI is InChI=1S/C9H5BrN4/c10-7-2-1-3-13-9(7)14-5-4-12-8(14)6-11/h1-5H. The molecule has 0 aliphatic carbocycles. The maximum Gasteiger partial charge on any atom is 0.218 e. The summed E-state index contributed by atoms with van der Waals surface area (Å²) in [5, 5.41) is 8.78. The second kappa shape index (κ2) is 3.60. The highest BCUT2D eigenvalue weighted by atomic mass is 79.9. The van der Waals surface area contributed by atoms with Gasteiger partial charge in [-0.25, -0.2) is 9.97 Å². The summed E-state index contributed by atoms with van der Waals surface area (Å²) in [6.07, 6.45) is 4.94. The van der Waals surface area contributed by atoms with E-state index in [4.69, 9.17) is 5.26 Å². The van der Waals surface area contributed by atoms with Crippen LogP contribution in [-0.4, -0.2) is 14.5 Å². The van der Waals surface area contributed by atoms with Crippen molar-refractivity contribution in [2.24, 2.45) is 0 Å². The minimum absolute atomic E-state index is 0.324. The van der Waals surface area contributed by atoms with Crippen molar-refractivity contribution in [3.63, 3.8) is 0 Å². The number of pyridine rings is 1. The Labute approximate surface area is 89.0 Å². The van der Waals surface area contributed by atoms with Crippen LogP contribution in [0.3, 0.4) is 0 Å². The Kier molecular flexibility index (Phi) is 2.29. The number of halogens is 1. The lowest BCUT2D eigenvalue weighted by atomic mass is 10.4. The minimum atomic E-state index is 0.324. The van der Waals surface area contributed by atoms with Gasteiger partial charge in [-0.3, -0.25) is 4.57 Å². The molecule has 0 N–H and O–H groups in total. The number of nitriles is 1. The van der Waals surface area contributed by atoms with Crippen LogP contribution in [0.4, 0.5) is 0 Å². The van der Waals surface area contributed by atoms with Crippen molar-refractivity contribution in [2.75, 3.05) is 0 Å². The molecule has 0 aromatic carbocycles. The first-order valence-electron chi connectivity index (χ1n) is 3.87. The smallest absolute Gasteiger partial charge is 0.218 e. The molecule has 2 rings (SSSR count). The molecule has 0 aliphatic heterocycles. The normalized spacial score (nSPS) is 9.71. The van der Waals surface area contributed by atoms with Gasteiger partial charge in [0.05, 0.1) is 4.47 Å². The zero-order valence-electron chi connectivity index (χ0n) is 7.05. The van der Waals surface area contributed by atoms with Gasteiger partial charge in [0.25, 0.3) is 0 Å². The van der Waals surface area contributed by atoms with E-state index in [9.17, 15) is 0 Å². The molecule has 0 fully saturated rings. The van der Waals surface area contributed by atoms with E-state index in [1.54, 1.807) is 23.2 Å². The molecule has 0 saturated heterocycles. The summed E-state index contributed by atoms with van der Waals surface area (Å²) in [5.74, 6) is 0.992. The lowest BCUT2D eigenvalue weighted by molar-refractivity contribution is 0.959. The highest BCUT2D eigenvalue weighted by molar-refractivity contribution is 9.10. The van der Waals surface area contributed by atoms with E-state index in [1.807, 2.05) is 18.2 Å². The Morgan fingerprint density at radius 2 is 2.21 bits per heavy atom. The van der Waals surface area contributed by atoms with Crippen molar-refractivity contribution >= 4 is 15.9 Å². The average molecular weight is 249 g/mol. The molecule has 0 spiro atoms. The zero-order valence-corrected chi connectivity index (χ0v) is 8.64. The van der Waals surface area contributed by atoms with E-state index < -0.39 is 0 Å². The van der Waals surface area contributed by atoms with Gasteiger partial charge in [-0.2, -0.15) is 5.26 Å². The van der Waals surface area contributed by atoms with Crippen LogP contribution >= 0.6 is 15.9 Å². The maximum atomic E-state index is 8.78. The van der Waals surface area contributed by atoms with Gasteiger partial charge in [0.1, 0.15) is 6.07 Å². The summed E-state index contributed by atoms with van der Waals surface area (Å²) in [6, 6.07) is 5.67. The Morgan fingerprint density at radius 3 is 2.93 bits per heavy atom. The van der Waals surface area contributed by atoms with E-state index >= 15 is 0 Å². The molecule has 4 nitrogen and oxygen atoms in total. The summed E-state index contributed by atoms with van der Waals surface area (Å²) in [6.45, 7) is 0. The van der Waals surface area contributed by atoms with E-state index in [-0.39, 0.29) is 0 Å². The van der Waals surface area contributed by atoms with Crippen LogP contribution in [0.2, 0.25) is 0 Å². The second-order valence-corrected chi connectivity index (χ2v) is 3.40. The van der Waals surface area contributed by atoms with E-state index in [0.29, 0.717) is 11.6 Å². The minimum Gasteiger partial charge on any atom is -0.274 e. The summed E-state index contributed by atoms with van der Waals surface area (Å²) in [5.41, 5.74) is 0. The summed E-state index contributed by atoms with van der Waals surface area (Å²) < 4.78 is 2.46. The second-order valence-electron chi connectivity index (χ2n) is 2.54. The molecule has 68 valence electrons. The third-order valence-corrected chi connectivity index (χ3v) is 2.33. The van der Waals surface area contributed by atoms with E-state index in [2.05, 4.69) is 25.9 Å². The van der Waals surface area contributed by atoms with Crippen molar-refractivity contribution in [1.29, 1.82) is 5.26 Å². The predicted molar refractivity (Wildman–Crippen MR) is 53.8 cm³/mol. The number of hydrogen-bond acceptors (Lipinski definition) is 3. The fraction of sp³-hybridized carbons (Fsp3) is 0. The molecular formula is C9H5BrN4. The molecule has 14 heavy (non-hydrogen) atoms. The molecule has 2 aromatic heterocycles. The van der Waals surface area contributed by atoms with E-state index in [0.717, 1.165) is 4.47 Å². The van der Waals surface area contributed by atoms with Crippen molar-refractivity contribution in [3.8, 4) is 11.9 Å². The van der Waals surface area contributed by atoms with Crippen LogP contribution < -0.4 is 0 Å². The molecular weight excluding hydrogens is 244 g/mol. The highest BCUT2D eigenvalue weighted by Crippen LogP contribution is 2.18. The lowest BCUT2D eigenvalue weighted by Gasteiger charge is -2.03. The Bertz CT molecular complexity index is 498. The molecule has 0 radical (unpaired) electrons. The largest absolute Gasteiger partial charge is 0.274 e. The van der Waals surface area contributed by atoms with Crippen molar-refractivity contribution < 1.29 is 0 Å². The monoisotopic (exact) mass is 248 g/mol. The Balaban J connectivity index is 2.62. The van der Waals surface area contributed by atoms with Crippen molar-refractivity contribution in [3.05, 3.63) is 41.0 Å². The quantitative estimate of drug-likeness (QED) is 0.775. The SMILES string of the molecule is N#Cc1nccn1-c1ncccc1Br. The molecule has 0 amide bonds.